The Morgan fingerprint density at radius 3 is 1.00 bits per heavy atom. The maximum Gasteiger partial charge on any atom is 0.305 e. The molecule has 6 nitrogen and oxygen atoms in total. The largest absolute Gasteiger partial charge is 0.466 e. The fourth-order valence-corrected chi connectivity index (χ4v) is 10.3. The van der Waals surface area contributed by atoms with Crippen molar-refractivity contribution in [3.05, 3.63) is 12.2 Å². The predicted octanol–water partition coefficient (Wildman–Crippen LogP) is 20.4. The molecule has 0 saturated heterocycles. The monoisotopic (exact) mass is 1000 g/mol. The van der Waals surface area contributed by atoms with Crippen molar-refractivity contribution in [2.24, 2.45) is 0 Å². The summed E-state index contributed by atoms with van der Waals surface area (Å²) in [5, 5.41) is 23.2. The molecule has 0 rings (SSSR count). The van der Waals surface area contributed by atoms with Gasteiger partial charge in [0.1, 0.15) is 0 Å². The normalized spacial score (nSPS) is 12.6. The quantitative estimate of drug-likeness (QED) is 0.0320. The van der Waals surface area contributed by atoms with Crippen LogP contribution in [-0.4, -0.2) is 47.4 Å². The molecule has 2 unspecified atom stereocenters. The third-order valence-electron chi connectivity index (χ3n) is 15.3. The number of carbonyl (C=O) groups is 2. The molecule has 0 heterocycles. The van der Waals surface area contributed by atoms with Crippen molar-refractivity contribution in [1.29, 1.82) is 0 Å². The minimum Gasteiger partial charge on any atom is -0.466 e. The van der Waals surface area contributed by atoms with Gasteiger partial charge in [0.2, 0.25) is 5.91 Å². The van der Waals surface area contributed by atoms with Crippen LogP contribution in [0.2, 0.25) is 0 Å². The fraction of sp³-hybridized carbons (Fsp3) is 0.938. The van der Waals surface area contributed by atoms with Gasteiger partial charge in [-0.15, -0.1) is 0 Å². The summed E-state index contributed by atoms with van der Waals surface area (Å²) in [6, 6.07) is -0.537. The molecule has 1 amide bonds. The number of unbranched alkanes of at least 4 members (excludes halogenated alkanes) is 48. The molecule has 0 bridgehead atoms. The summed E-state index contributed by atoms with van der Waals surface area (Å²) < 4.78 is 5.48. The Labute approximate surface area is 444 Å². The van der Waals surface area contributed by atoms with Crippen LogP contribution in [0, 0.1) is 0 Å². The summed E-state index contributed by atoms with van der Waals surface area (Å²) >= 11 is 0. The molecule has 0 radical (unpaired) electrons. The molecule has 0 aromatic carbocycles. The molecule has 3 N–H and O–H groups in total. The lowest BCUT2D eigenvalue weighted by molar-refractivity contribution is -0.143. The summed E-state index contributed by atoms with van der Waals surface area (Å²) in [7, 11) is 0. The zero-order valence-electron chi connectivity index (χ0n) is 48.2. The molecule has 2 atom stereocenters. The van der Waals surface area contributed by atoms with Crippen LogP contribution in [0.25, 0.3) is 0 Å². The van der Waals surface area contributed by atoms with Crippen molar-refractivity contribution in [2.75, 3.05) is 13.2 Å². The first-order chi connectivity index (χ1) is 35.0. The van der Waals surface area contributed by atoms with Gasteiger partial charge in [0.15, 0.2) is 0 Å². The number of carbonyl (C=O) groups excluding carboxylic acids is 2. The van der Waals surface area contributed by atoms with E-state index in [4.69, 9.17) is 4.74 Å². The van der Waals surface area contributed by atoms with E-state index in [2.05, 4.69) is 31.3 Å². The smallest absolute Gasteiger partial charge is 0.305 e. The number of rotatable bonds is 61. The van der Waals surface area contributed by atoms with Crippen LogP contribution in [0.5, 0.6) is 0 Å². The Morgan fingerprint density at radius 1 is 0.380 bits per heavy atom. The molecule has 0 aliphatic heterocycles. The van der Waals surface area contributed by atoms with Crippen molar-refractivity contribution < 1.29 is 24.5 Å². The van der Waals surface area contributed by atoms with E-state index >= 15 is 0 Å². The van der Waals surface area contributed by atoms with Crippen LogP contribution < -0.4 is 5.32 Å². The van der Waals surface area contributed by atoms with Crippen molar-refractivity contribution in [1.82, 2.24) is 5.32 Å². The highest BCUT2D eigenvalue weighted by atomic mass is 16.5. The summed E-state index contributed by atoms with van der Waals surface area (Å²) in [6.07, 6.45) is 73.9. The molecule has 0 aromatic rings. The molecule has 0 aromatic heterocycles. The number of amides is 1. The average Bonchev–Trinajstić information content (AvgIpc) is 3.37. The van der Waals surface area contributed by atoms with E-state index < -0.39 is 12.1 Å². The highest BCUT2D eigenvalue weighted by Crippen LogP contribution is 2.18. The van der Waals surface area contributed by atoms with E-state index in [1.54, 1.807) is 0 Å². The standard InChI is InChI=1S/C65H127NO5/c1-3-5-7-9-11-13-15-17-35-39-43-47-51-55-59-65(70)71-60-56-52-48-44-40-36-33-31-29-27-25-23-21-19-18-20-22-24-26-28-30-32-34-38-42-46-50-54-58-64(69)66-62(61-67)63(68)57-53-49-45-41-37-16-14-12-10-8-6-4-2/h15,17,62-63,67-68H,3-14,16,18-61H2,1-2H3,(H,66,69)/b17-15-. The minimum absolute atomic E-state index is 0.0108. The van der Waals surface area contributed by atoms with Crippen molar-refractivity contribution in [3.8, 4) is 0 Å². The fourth-order valence-electron chi connectivity index (χ4n) is 10.3. The van der Waals surface area contributed by atoms with E-state index in [1.165, 1.54) is 289 Å². The molecule has 0 aliphatic rings. The molecule has 0 aliphatic carbocycles. The topological polar surface area (TPSA) is 95.9 Å². The summed E-state index contributed by atoms with van der Waals surface area (Å²) in [6.45, 7) is 4.96. The van der Waals surface area contributed by atoms with E-state index in [0.29, 0.717) is 25.9 Å². The van der Waals surface area contributed by atoms with Gasteiger partial charge in [-0.05, 0) is 51.4 Å². The van der Waals surface area contributed by atoms with Gasteiger partial charge < -0.3 is 20.3 Å². The van der Waals surface area contributed by atoms with Crippen LogP contribution in [0.4, 0.5) is 0 Å². The number of hydrogen-bond acceptors (Lipinski definition) is 5. The van der Waals surface area contributed by atoms with Crippen molar-refractivity contribution >= 4 is 11.9 Å². The van der Waals surface area contributed by atoms with Gasteiger partial charge in [-0.2, -0.15) is 0 Å². The molecule has 0 saturated carbocycles. The number of allylic oxidation sites excluding steroid dienone is 2. The van der Waals surface area contributed by atoms with Gasteiger partial charge in [0, 0.05) is 12.8 Å². The van der Waals surface area contributed by atoms with Gasteiger partial charge in [0.05, 0.1) is 25.4 Å². The third kappa shape index (κ3) is 57.7. The maximum atomic E-state index is 12.5. The Morgan fingerprint density at radius 2 is 0.662 bits per heavy atom. The molecule has 0 spiro atoms. The van der Waals surface area contributed by atoms with Gasteiger partial charge >= 0.3 is 5.97 Å². The van der Waals surface area contributed by atoms with Gasteiger partial charge in [-0.25, -0.2) is 0 Å². The van der Waals surface area contributed by atoms with Crippen LogP contribution in [0.3, 0.4) is 0 Å². The number of aliphatic hydroxyl groups is 2. The first-order valence-corrected chi connectivity index (χ1v) is 32.4. The van der Waals surface area contributed by atoms with Crippen LogP contribution in [0.15, 0.2) is 12.2 Å². The van der Waals surface area contributed by atoms with Gasteiger partial charge in [0.25, 0.3) is 0 Å². The lowest BCUT2D eigenvalue weighted by Gasteiger charge is -2.22. The van der Waals surface area contributed by atoms with Gasteiger partial charge in [-0.1, -0.05) is 315 Å². The lowest BCUT2D eigenvalue weighted by Crippen LogP contribution is -2.45. The number of aliphatic hydroxyl groups excluding tert-OH is 2. The number of ether oxygens (including phenoxy) is 1. The molecule has 0 fully saturated rings. The highest BCUT2D eigenvalue weighted by Gasteiger charge is 2.20. The van der Waals surface area contributed by atoms with E-state index in [1.807, 2.05) is 0 Å². The molecular weight excluding hydrogens is 875 g/mol. The second-order valence-corrected chi connectivity index (χ2v) is 22.5. The van der Waals surface area contributed by atoms with E-state index in [-0.39, 0.29) is 18.5 Å². The summed E-state index contributed by atoms with van der Waals surface area (Å²) in [5.41, 5.74) is 0. The SMILES string of the molecule is CCCCCCC/C=C\CCCCCCCC(=O)OCCCCCCCCCCCCCCCCCCCCCCCCCCCCCCC(=O)NC(CO)C(O)CCCCCCCCCCCCCC. The first-order valence-electron chi connectivity index (χ1n) is 32.4. The third-order valence-corrected chi connectivity index (χ3v) is 15.3. The second kappa shape index (κ2) is 61.1. The zero-order chi connectivity index (χ0) is 51.4. The lowest BCUT2D eigenvalue weighted by atomic mass is 10.0. The predicted molar refractivity (Wildman–Crippen MR) is 310 cm³/mol. The number of hydrogen-bond donors (Lipinski definition) is 3. The van der Waals surface area contributed by atoms with Crippen molar-refractivity contribution in [2.45, 2.75) is 379 Å². The number of nitrogens with one attached hydrogen (secondary N) is 1. The Balaban J connectivity index is 3.32. The van der Waals surface area contributed by atoms with Crippen LogP contribution in [0.1, 0.15) is 367 Å². The molecule has 422 valence electrons. The Kier molecular flexibility index (Phi) is 59.9. The van der Waals surface area contributed by atoms with Crippen molar-refractivity contribution in [3.63, 3.8) is 0 Å². The zero-order valence-corrected chi connectivity index (χ0v) is 48.2. The Bertz CT molecular complexity index is 1060. The average molecular weight is 1000 g/mol. The van der Waals surface area contributed by atoms with E-state index in [0.717, 1.165) is 44.9 Å². The maximum absolute atomic E-state index is 12.5. The Hall–Kier alpha value is -1.40. The molecule has 6 heteroatoms. The molecular formula is C65H127NO5. The van der Waals surface area contributed by atoms with Gasteiger partial charge in [-0.3, -0.25) is 9.59 Å². The number of esters is 1. The van der Waals surface area contributed by atoms with Crippen LogP contribution >= 0.6 is 0 Å². The molecule has 71 heavy (non-hydrogen) atoms. The minimum atomic E-state index is -0.660. The summed E-state index contributed by atoms with van der Waals surface area (Å²) in [5.74, 6) is -0.0196. The van der Waals surface area contributed by atoms with E-state index in [9.17, 15) is 19.8 Å². The first kappa shape index (κ1) is 69.6. The highest BCUT2D eigenvalue weighted by molar-refractivity contribution is 5.76. The second-order valence-electron chi connectivity index (χ2n) is 22.5. The summed E-state index contributed by atoms with van der Waals surface area (Å²) in [4.78, 5) is 24.5. The van der Waals surface area contributed by atoms with Crippen LogP contribution in [-0.2, 0) is 14.3 Å².